The van der Waals surface area contributed by atoms with E-state index in [1.54, 1.807) is 6.26 Å². The summed E-state index contributed by atoms with van der Waals surface area (Å²) < 4.78 is 26.4. The minimum atomic E-state index is -0.746. The number of halogens is 1. The van der Waals surface area contributed by atoms with E-state index in [4.69, 9.17) is 14.3 Å². The predicted octanol–water partition coefficient (Wildman–Crippen LogP) is 6.40. The predicted molar refractivity (Wildman–Crippen MR) is 124 cm³/mol. The molecule has 2 aliphatic carbocycles. The van der Waals surface area contributed by atoms with Crippen molar-refractivity contribution in [1.29, 1.82) is 0 Å². The molecule has 1 N–H and O–H groups in total. The van der Waals surface area contributed by atoms with Crippen LogP contribution in [-0.4, -0.2) is 16.1 Å². The van der Waals surface area contributed by atoms with Crippen LogP contribution in [0.5, 0.6) is 5.75 Å². The van der Waals surface area contributed by atoms with Crippen LogP contribution >= 0.6 is 0 Å². The zero-order valence-electron chi connectivity index (χ0n) is 18.3. The van der Waals surface area contributed by atoms with Crippen molar-refractivity contribution in [3.05, 3.63) is 95.8 Å². The molecule has 0 bridgehead atoms. The molecule has 1 heterocycles. The Bertz CT molecular complexity index is 1360. The molecule has 2 aliphatic rings. The van der Waals surface area contributed by atoms with E-state index in [1.807, 2.05) is 54.6 Å². The van der Waals surface area contributed by atoms with Gasteiger partial charge in [0.25, 0.3) is 0 Å². The Hall–Kier alpha value is -3.93. The first-order valence-electron chi connectivity index (χ1n) is 11.4. The van der Waals surface area contributed by atoms with Crippen molar-refractivity contribution in [3.63, 3.8) is 0 Å². The number of benzene rings is 3. The third-order valence-electron chi connectivity index (χ3n) is 6.90. The van der Waals surface area contributed by atoms with Crippen LogP contribution in [0.15, 0.2) is 77.7 Å². The van der Waals surface area contributed by atoms with E-state index < -0.39 is 5.97 Å². The van der Waals surface area contributed by atoms with Gasteiger partial charge in [-0.1, -0.05) is 42.5 Å². The fourth-order valence-corrected chi connectivity index (χ4v) is 5.12. The monoisotopic (exact) mass is 455 g/mol. The highest BCUT2D eigenvalue weighted by atomic mass is 19.1. The van der Waals surface area contributed by atoms with Crippen LogP contribution in [0.1, 0.15) is 41.6 Å². The molecule has 0 aliphatic heterocycles. The first-order valence-corrected chi connectivity index (χ1v) is 11.4. The van der Waals surface area contributed by atoms with Gasteiger partial charge in [-0.15, -0.1) is 0 Å². The second-order valence-electron chi connectivity index (χ2n) is 8.91. The van der Waals surface area contributed by atoms with Crippen LogP contribution in [-0.2, 0) is 11.2 Å². The molecular formula is C28H22FNO4. The summed E-state index contributed by atoms with van der Waals surface area (Å²) in [5.41, 5.74) is 6.19. The SMILES string of the molecule is O=C(O)[C@H]1C[C@@H]1c1ccc(O[C@@H]2CCc3c(-c4ccccc4-c4cocn4)ccc(F)c32)cc1. The number of hydrogen-bond donors (Lipinski definition) is 1. The molecule has 4 aromatic rings. The van der Waals surface area contributed by atoms with Crippen molar-refractivity contribution in [2.45, 2.75) is 31.3 Å². The van der Waals surface area contributed by atoms with Gasteiger partial charge in [-0.3, -0.25) is 4.79 Å². The number of fused-ring (bicyclic) bond motifs is 1. The van der Waals surface area contributed by atoms with E-state index in [-0.39, 0.29) is 23.8 Å². The van der Waals surface area contributed by atoms with Gasteiger partial charge in [-0.05, 0) is 65.6 Å². The Balaban J connectivity index is 1.29. The first-order chi connectivity index (χ1) is 16.6. The fourth-order valence-electron chi connectivity index (χ4n) is 5.12. The van der Waals surface area contributed by atoms with Crippen molar-refractivity contribution >= 4 is 5.97 Å². The number of carboxylic acids is 1. The van der Waals surface area contributed by atoms with Gasteiger partial charge in [0, 0.05) is 11.1 Å². The van der Waals surface area contributed by atoms with Gasteiger partial charge in [0.15, 0.2) is 6.39 Å². The van der Waals surface area contributed by atoms with Crippen molar-refractivity contribution in [3.8, 4) is 28.1 Å². The average molecular weight is 455 g/mol. The normalized spacial score (nSPS) is 20.7. The molecular weight excluding hydrogens is 433 g/mol. The lowest BCUT2D eigenvalue weighted by molar-refractivity contribution is -0.138. The minimum absolute atomic E-state index is 0.0727. The van der Waals surface area contributed by atoms with Crippen molar-refractivity contribution in [2.75, 3.05) is 0 Å². The highest BCUT2D eigenvalue weighted by molar-refractivity contribution is 5.84. The highest BCUT2D eigenvalue weighted by Crippen LogP contribution is 2.48. The van der Waals surface area contributed by atoms with Gasteiger partial charge >= 0.3 is 5.97 Å². The molecule has 3 aromatic carbocycles. The summed E-state index contributed by atoms with van der Waals surface area (Å²) in [6, 6.07) is 18.8. The molecule has 1 fully saturated rings. The van der Waals surface area contributed by atoms with Crippen molar-refractivity contribution in [1.82, 2.24) is 4.98 Å². The lowest BCUT2D eigenvalue weighted by Crippen LogP contribution is -2.06. The minimum Gasteiger partial charge on any atom is -0.486 e. The average Bonchev–Trinajstić information content (AvgIpc) is 3.26. The van der Waals surface area contributed by atoms with Crippen molar-refractivity contribution in [2.24, 2.45) is 5.92 Å². The number of aromatic nitrogens is 1. The summed E-state index contributed by atoms with van der Waals surface area (Å²) in [5, 5.41) is 9.16. The third kappa shape index (κ3) is 3.55. The standard InChI is InChI=1S/C28H22FNO4/c29-24-11-9-19(18-3-1-2-4-20(18)25-14-33-15-30-25)21-10-12-26(27(21)24)34-17-7-5-16(6-8-17)22-13-23(22)28(31)32/h1-9,11,14-15,22-23,26H,10,12-13H2,(H,31,32)/t22-,23+,26-/m1/s1. The van der Waals surface area contributed by atoms with E-state index in [0.29, 0.717) is 30.6 Å². The Kier molecular flexibility index (Phi) is 4.94. The molecule has 34 heavy (non-hydrogen) atoms. The zero-order chi connectivity index (χ0) is 23.2. The van der Waals surface area contributed by atoms with Crippen LogP contribution in [0.4, 0.5) is 4.39 Å². The lowest BCUT2D eigenvalue weighted by atomic mass is 9.92. The number of nitrogens with zero attached hydrogens (tertiary/aromatic N) is 1. The number of oxazole rings is 1. The second kappa shape index (κ2) is 8.13. The molecule has 6 heteroatoms. The molecule has 6 rings (SSSR count). The Morgan fingerprint density at radius 1 is 1.03 bits per heavy atom. The second-order valence-corrected chi connectivity index (χ2v) is 8.91. The summed E-state index contributed by atoms with van der Waals surface area (Å²) in [4.78, 5) is 15.4. The summed E-state index contributed by atoms with van der Waals surface area (Å²) in [6.07, 6.45) is 4.70. The maximum atomic E-state index is 15.0. The van der Waals surface area contributed by atoms with Crippen LogP contribution < -0.4 is 4.74 Å². The topological polar surface area (TPSA) is 72.6 Å². The van der Waals surface area contributed by atoms with Gasteiger partial charge in [-0.25, -0.2) is 9.37 Å². The van der Waals surface area contributed by atoms with Gasteiger partial charge in [0.05, 0.1) is 5.92 Å². The van der Waals surface area contributed by atoms with Crippen LogP contribution in [0, 0.1) is 11.7 Å². The van der Waals surface area contributed by atoms with Crippen LogP contribution in [0.25, 0.3) is 22.4 Å². The summed E-state index contributed by atoms with van der Waals surface area (Å²) >= 11 is 0. The zero-order valence-corrected chi connectivity index (χ0v) is 18.3. The molecule has 0 radical (unpaired) electrons. The first kappa shape index (κ1) is 20.7. The maximum absolute atomic E-state index is 15.0. The largest absolute Gasteiger partial charge is 0.486 e. The van der Waals surface area contributed by atoms with Gasteiger partial charge in [0.2, 0.25) is 0 Å². The number of carboxylic acid groups (broad SMARTS) is 1. The number of rotatable bonds is 6. The molecule has 1 saturated carbocycles. The molecule has 0 saturated heterocycles. The van der Waals surface area contributed by atoms with Gasteiger partial charge in [0.1, 0.15) is 29.6 Å². The van der Waals surface area contributed by atoms with E-state index in [9.17, 15) is 4.79 Å². The third-order valence-corrected chi connectivity index (χ3v) is 6.90. The molecule has 0 amide bonds. The molecule has 5 nitrogen and oxygen atoms in total. The number of aliphatic carboxylic acids is 1. The Morgan fingerprint density at radius 2 is 1.82 bits per heavy atom. The molecule has 0 spiro atoms. The molecule has 0 unspecified atom stereocenters. The van der Waals surface area contributed by atoms with E-state index in [0.717, 1.165) is 33.5 Å². The molecule has 1 aromatic heterocycles. The highest BCUT2D eigenvalue weighted by Gasteiger charge is 2.44. The van der Waals surface area contributed by atoms with Crippen molar-refractivity contribution < 1.29 is 23.4 Å². The smallest absolute Gasteiger partial charge is 0.307 e. The molecule has 170 valence electrons. The van der Waals surface area contributed by atoms with Gasteiger partial charge < -0.3 is 14.3 Å². The van der Waals surface area contributed by atoms with E-state index >= 15 is 4.39 Å². The number of ether oxygens (including phenoxy) is 1. The summed E-state index contributed by atoms with van der Waals surface area (Å²) in [7, 11) is 0. The summed E-state index contributed by atoms with van der Waals surface area (Å²) in [6.45, 7) is 0. The lowest BCUT2D eigenvalue weighted by Gasteiger charge is -2.17. The van der Waals surface area contributed by atoms with E-state index in [1.165, 1.54) is 12.5 Å². The number of hydrogen-bond acceptors (Lipinski definition) is 4. The quantitative estimate of drug-likeness (QED) is 0.364. The number of carbonyl (C=O) groups is 1. The fraction of sp³-hybridized carbons (Fsp3) is 0.214. The maximum Gasteiger partial charge on any atom is 0.307 e. The van der Waals surface area contributed by atoms with Gasteiger partial charge in [-0.2, -0.15) is 0 Å². The van der Waals surface area contributed by atoms with Crippen LogP contribution in [0.2, 0.25) is 0 Å². The van der Waals surface area contributed by atoms with E-state index in [2.05, 4.69) is 4.98 Å². The Labute approximate surface area is 195 Å². The molecule has 3 atom stereocenters. The summed E-state index contributed by atoms with van der Waals surface area (Å²) in [5.74, 6) is -0.574. The Morgan fingerprint density at radius 3 is 2.53 bits per heavy atom. The van der Waals surface area contributed by atoms with Crippen LogP contribution in [0.3, 0.4) is 0 Å².